The van der Waals surface area contributed by atoms with E-state index >= 15 is 0 Å². The molecule has 1 aliphatic carbocycles. The molecule has 130 valence electrons. The summed E-state index contributed by atoms with van der Waals surface area (Å²) in [6.45, 7) is 3.05. The molecule has 9 heteroatoms. The van der Waals surface area contributed by atoms with E-state index < -0.39 is 24.0 Å². The Balaban J connectivity index is 1.58. The zero-order chi connectivity index (χ0) is 16.9. The molecule has 4 rings (SSSR count). The summed E-state index contributed by atoms with van der Waals surface area (Å²) in [6.07, 6.45) is 2.52. The van der Waals surface area contributed by atoms with Crippen LogP contribution in [0.4, 0.5) is 5.82 Å². The Morgan fingerprint density at radius 3 is 2.92 bits per heavy atom. The van der Waals surface area contributed by atoms with Crippen LogP contribution in [0.3, 0.4) is 0 Å². The molecule has 2 aromatic heterocycles. The van der Waals surface area contributed by atoms with Gasteiger partial charge in [0.2, 0.25) is 0 Å². The monoisotopic (exact) mass is 334 g/mol. The number of nitrogens with zero attached hydrogens (tertiary/aromatic N) is 4. The van der Waals surface area contributed by atoms with Crippen LogP contribution in [-0.2, 0) is 4.74 Å². The number of rotatable bonds is 4. The third kappa shape index (κ3) is 2.20. The summed E-state index contributed by atoms with van der Waals surface area (Å²) < 4.78 is 7.71. The van der Waals surface area contributed by atoms with Crippen molar-refractivity contribution in [1.29, 1.82) is 0 Å². The summed E-state index contributed by atoms with van der Waals surface area (Å²) >= 11 is 0. The molecule has 9 nitrogen and oxygen atoms in total. The van der Waals surface area contributed by atoms with E-state index in [4.69, 9.17) is 10.5 Å². The van der Waals surface area contributed by atoms with Crippen molar-refractivity contribution in [2.45, 2.75) is 56.3 Å². The van der Waals surface area contributed by atoms with Crippen LogP contribution in [0, 0.1) is 0 Å². The fourth-order valence-electron chi connectivity index (χ4n) is 3.73. The third-order valence-electron chi connectivity index (χ3n) is 5.04. The number of aliphatic hydroxyl groups is 2. The van der Waals surface area contributed by atoms with Crippen LogP contribution < -0.4 is 11.1 Å². The highest BCUT2D eigenvalue weighted by Gasteiger charge is 2.61. The number of aliphatic hydroxyl groups excluding tert-OH is 2. The fourth-order valence-corrected chi connectivity index (χ4v) is 3.73. The number of aromatic nitrogens is 4. The second kappa shape index (κ2) is 5.62. The van der Waals surface area contributed by atoms with Gasteiger partial charge in [0.05, 0.1) is 6.33 Å². The number of nitrogens with one attached hydrogen (secondary N) is 1. The van der Waals surface area contributed by atoms with Crippen molar-refractivity contribution < 1.29 is 14.9 Å². The minimum absolute atomic E-state index is 0.272. The minimum atomic E-state index is -1.05. The number of fused-ring (bicyclic) bond motifs is 1. The number of anilines is 1. The van der Waals surface area contributed by atoms with Crippen LogP contribution >= 0.6 is 0 Å². The van der Waals surface area contributed by atoms with Crippen LogP contribution in [0.15, 0.2) is 12.7 Å². The van der Waals surface area contributed by atoms with Crippen molar-refractivity contribution in [3.63, 3.8) is 0 Å². The van der Waals surface area contributed by atoms with E-state index in [1.165, 1.54) is 12.7 Å². The maximum Gasteiger partial charge on any atom is 0.167 e. The van der Waals surface area contributed by atoms with Gasteiger partial charge in [0.1, 0.15) is 29.7 Å². The Hall–Kier alpha value is -1.81. The molecule has 1 saturated carbocycles. The first-order valence-electron chi connectivity index (χ1n) is 8.26. The highest BCUT2D eigenvalue weighted by molar-refractivity contribution is 5.81. The van der Waals surface area contributed by atoms with Gasteiger partial charge >= 0.3 is 0 Å². The summed E-state index contributed by atoms with van der Waals surface area (Å²) in [5, 5.41) is 24.4. The number of imidazole rings is 1. The Bertz CT molecular complexity index is 744. The predicted octanol–water partition coefficient (Wildman–Crippen LogP) is -0.440. The lowest BCUT2D eigenvalue weighted by molar-refractivity contribution is -0.158. The smallest absolute Gasteiger partial charge is 0.167 e. The van der Waals surface area contributed by atoms with Gasteiger partial charge in [0, 0.05) is 6.04 Å². The second-order valence-corrected chi connectivity index (χ2v) is 6.65. The maximum atomic E-state index is 10.5. The fraction of sp³-hybridized carbons (Fsp3) is 0.667. The van der Waals surface area contributed by atoms with Crippen LogP contribution in [-0.4, -0.2) is 60.1 Å². The molecule has 1 saturated heterocycles. The first kappa shape index (κ1) is 15.7. The summed E-state index contributed by atoms with van der Waals surface area (Å²) in [5.74, 6) is 0.272. The molecule has 1 spiro atoms. The summed E-state index contributed by atoms with van der Waals surface area (Å²) in [7, 11) is 0. The summed E-state index contributed by atoms with van der Waals surface area (Å²) in [6, 6.07) is 0.308. The standard InChI is InChI=1S/C15H22N6O3/c1-2-3-17-8-4-15(5-8)11(23)10(22)14(24-15)21-7-20-9-12(16)18-6-19-13(9)21/h6-8,10-11,14,17,22-23H,2-5H2,1H3,(H2,16,18,19)/t8-,10-,11+,14-,15+/m1/s1. The molecule has 24 heavy (non-hydrogen) atoms. The van der Waals surface area contributed by atoms with Gasteiger partial charge in [-0.3, -0.25) is 4.57 Å². The second-order valence-electron chi connectivity index (χ2n) is 6.65. The van der Waals surface area contributed by atoms with Crippen molar-refractivity contribution >= 4 is 17.0 Å². The third-order valence-corrected chi connectivity index (χ3v) is 5.04. The lowest BCUT2D eigenvalue weighted by Crippen LogP contribution is -2.59. The molecule has 0 unspecified atom stereocenters. The molecule has 0 amide bonds. The number of hydrogen-bond donors (Lipinski definition) is 4. The van der Waals surface area contributed by atoms with Crippen LogP contribution in [0.5, 0.6) is 0 Å². The molecule has 1 aliphatic heterocycles. The Kier molecular flexibility index (Phi) is 3.68. The topological polar surface area (TPSA) is 131 Å². The first-order valence-corrected chi connectivity index (χ1v) is 8.26. The predicted molar refractivity (Wildman–Crippen MR) is 85.9 cm³/mol. The van der Waals surface area contributed by atoms with Crippen LogP contribution in [0.1, 0.15) is 32.4 Å². The van der Waals surface area contributed by atoms with Crippen molar-refractivity contribution in [2.24, 2.45) is 0 Å². The van der Waals surface area contributed by atoms with Gasteiger partial charge in [-0.05, 0) is 25.8 Å². The molecule has 0 aromatic carbocycles. The van der Waals surface area contributed by atoms with E-state index in [-0.39, 0.29) is 5.82 Å². The molecule has 2 aliphatic rings. The molecule has 0 bridgehead atoms. The molecule has 5 N–H and O–H groups in total. The Morgan fingerprint density at radius 2 is 2.17 bits per heavy atom. The quantitative estimate of drug-likeness (QED) is 0.592. The molecular formula is C15H22N6O3. The van der Waals surface area contributed by atoms with Gasteiger partial charge in [0.15, 0.2) is 17.7 Å². The number of ether oxygens (including phenoxy) is 1. The van der Waals surface area contributed by atoms with E-state index in [0.717, 1.165) is 13.0 Å². The summed E-state index contributed by atoms with van der Waals surface area (Å²) in [4.78, 5) is 12.3. The minimum Gasteiger partial charge on any atom is -0.387 e. The van der Waals surface area contributed by atoms with E-state index in [0.29, 0.717) is 30.0 Å². The molecule has 0 radical (unpaired) electrons. The van der Waals surface area contributed by atoms with E-state index in [1.54, 1.807) is 4.57 Å². The summed E-state index contributed by atoms with van der Waals surface area (Å²) in [5.41, 5.74) is 6.02. The van der Waals surface area contributed by atoms with E-state index in [1.807, 2.05) is 0 Å². The van der Waals surface area contributed by atoms with Crippen LogP contribution in [0.2, 0.25) is 0 Å². The molecular weight excluding hydrogens is 312 g/mol. The van der Waals surface area contributed by atoms with Crippen LogP contribution in [0.25, 0.3) is 11.2 Å². The highest BCUT2D eigenvalue weighted by Crippen LogP contribution is 2.49. The maximum absolute atomic E-state index is 10.5. The van der Waals surface area contributed by atoms with Crippen molar-refractivity contribution in [3.05, 3.63) is 12.7 Å². The lowest BCUT2D eigenvalue weighted by atomic mass is 9.72. The van der Waals surface area contributed by atoms with Gasteiger partial charge < -0.3 is 26.0 Å². The van der Waals surface area contributed by atoms with Gasteiger partial charge in [-0.2, -0.15) is 0 Å². The largest absolute Gasteiger partial charge is 0.387 e. The van der Waals surface area contributed by atoms with Gasteiger partial charge in [-0.25, -0.2) is 15.0 Å². The van der Waals surface area contributed by atoms with E-state index in [2.05, 4.69) is 27.2 Å². The molecule has 3 atom stereocenters. The average Bonchev–Trinajstić information content (AvgIpc) is 3.07. The van der Waals surface area contributed by atoms with Crippen molar-refractivity contribution in [2.75, 3.05) is 12.3 Å². The van der Waals surface area contributed by atoms with Crippen molar-refractivity contribution in [3.8, 4) is 0 Å². The first-order chi connectivity index (χ1) is 11.6. The lowest BCUT2D eigenvalue weighted by Gasteiger charge is -2.46. The zero-order valence-corrected chi connectivity index (χ0v) is 13.5. The molecule has 2 aromatic rings. The van der Waals surface area contributed by atoms with Gasteiger partial charge in [0.25, 0.3) is 0 Å². The number of nitrogen functional groups attached to an aromatic ring is 1. The average molecular weight is 334 g/mol. The van der Waals surface area contributed by atoms with Gasteiger partial charge in [-0.15, -0.1) is 0 Å². The Labute approximate surface area is 138 Å². The zero-order valence-electron chi connectivity index (χ0n) is 13.5. The highest BCUT2D eigenvalue weighted by atomic mass is 16.6. The molecule has 2 fully saturated rings. The Morgan fingerprint density at radius 1 is 1.38 bits per heavy atom. The van der Waals surface area contributed by atoms with Gasteiger partial charge in [-0.1, -0.05) is 6.92 Å². The SMILES string of the molecule is CCCN[C@H]1C[C@]2(C1)O[C@@H](n1cnc3c(N)ncnc31)[C@H](O)[C@@H]2O. The number of nitrogens with two attached hydrogens (primary N) is 1. The normalized spacial score (nSPS) is 35.6. The number of hydrogen-bond acceptors (Lipinski definition) is 8. The van der Waals surface area contributed by atoms with Crippen molar-refractivity contribution in [1.82, 2.24) is 24.8 Å². The molecule has 3 heterocycles. The van der Waals surface area contributed by atoms with E-state index in [9.17, 15) is 10.2 Å².